The fourth-order valence-corrected chi connectivity index (χ4v) is 5.09. The molecule has 1 amide bonds. The van der Waals surface area contributed by atoms with Gasteiger partial charge >= 0.3 is 0 Å². The number of carbonyl (C=O) groups excluding carboxylic acids is 2. The normalized spacial score (nSPS) is 11.0. The molecule has 9 heteroatoms. The van der Waals surface area contributed by atoms with Crippen molar-refractivity contribution in [2.75, 3.05) is 10.0 Å². The third-order valence-corrected chi connectivity index (χ3v) is 6.74. The van der Waals surface area contributed by atoms with E-state index in [4.69, 9.17) is 5.26 Å². The number of H-pyrrole nitrogens is 1. The van der Waals surface area contributed by atoms with Crippen molar-refractivity contribution >= 4 is 33.1 Å². The molecule has 0 unspecified atom stereocenters. The topological polar surface area (TPSA) is 132 Å². The van der Waals surface area contributed by atoms with E-state index in [0.717, 1.165) is 0 Å². The molecule has 170 valence electrons. The van der Waals surface area contributed by atoms with Gasteiger partial charge in [0.05, 0.1) is 16.5 Å². The molecule has 0 saturated heterocycles. The molecular weight excluding hydrogens is 440 g/mol. The van der Waals surface area contributed by atoms with E-state index in [1.54, 1.807) is 26.0 Å². The van der Waals surface area contributed by atoms with Gasteiger partial charge in [-0.15, -0.1) is 0 Å². The SMILES string of the molecule is CCc1ccc(NC(=O)c2[nH]c(C)c(C(C)=O)c2C)cc1S(=O)(=O)Nc1ccc(C#N)cc1. The highest BCUT2D eigenvalue weighted by Gasteiger charge is 2.22. The zero-order valence-corrected chi connectivity index (χ0v) is 19.6. The molecule has 8 nitrogen and oxygen atoms in total. The standard InChI is InChI=1S/C24H24N4O4S/c1-5-18-8-11-20(27-24(30)23-14(2)22(16(4)29)15(3)26-23)12-21(18)33(31,32)28-19-9-6-17(13-25)7-10-19/h6-12,26,28H,5H2,1-4H3,(H,27,30). The number of aromatic nitrogens is 1. The van der Waals surface area contributed by atoms with E-state index in [-0.39, 0.29) is 16.4 Å². The summed E-state index contributed by atoms with van der Waals surface area (Å²) in [6.45, 7) is 6.68. The van der Waals surface area contributed by atoms with Crippen LogP contribution in [-0.2, 0) is 16.4 Å². The highest BCUT2D eigenvalue weighted by molar-refractivity contribution is 7.92. The number of hydrogen-bond acceptors (Lipinski definition) is 5. The van der Waals surface area contributed by atoms with Crippen LogP contribution in [0.15, 0.2) is 47.4 Å². The van der Waals surface area contributed by atoms with Crippen LogP contribution in [0.5, 0.6) is 0 Å². The van der Waals surface area contributed by atoms with Crippen molar-refractivity contribution in [2.24, 2.45) is 0 Å². The summed E-state index contributed by atoms with van der Waals surface area (Å²) in [7, 11) is -3.96. The van der Waals surface area contributed by atoms with Crippen molar-refractivity contribution in [1.82, 2.24) is 4.98 Å². The Morgan fingerprint density at radius 1 is 1.06 bits per heavy atom. The molecule has 1 aromatic heterocycles. The number of anilines is 2. The predicted molar refractivity (Wildman–Crippen MR) is 126 cm³/mol. The van der Waals surface area contributed by atoms with Crippen molar-refractivity contribution in [3.8, 4) is 6.07 Å². The third kappa shape index (κ3) is 4.96. The molecule has 0 fully saturated rings. The molecule has 3 N–H and O–H groups in total. The molecule has 0 atom stereocenters. The first kappa shape index (κ1) is 23.8. The molecule has 33 heavy (non-hydrogen) atoms. The number of rotatable bonds is 7. The Morgan fingerprint density at radius 3 is 2.24 bits per heavy atom. The summed E-state index contributed by atoms with van der Waals surface area (Å²) in [4.78, 5) is 27.7. The number of nitrogens with one attached hydrogen (secondary N) is 3. The van der Waals surface area contributed by atoms with Crippen LogP contribution in [-0.4, -0.2) is 25.1 Å². The lowest BCUT2D eigenvalue weighted by Crippen LogP contribution is -2.17. The Bertz CT molecular complexity index is 1380. The third-order valence-electron chi connectivity index (χ3n) is 5.28. The first-order valence-corrected chi connectivity index (χ1v) is 11.7. The fourth-order valence-electron chi connectivity index (χ4n) is 3.70. The van der Waals surface area contributed by atoms with Crippen LogP contribution in [0.2, 0.25) is 0 Å². The minimum Gasteiger partial charge on any atom is -0.354 e. The number of carbonyl (C=O) groups is 2. The highest BCUT2D eigenvalue weighted by Crippen LogP contribution is 2.25. The Kier molecular flexibility index (Phi) is 6.70. The van der Waals surface area contributed by atoms with E-state index < -0.39 is 15.9 Å². The summed E-state index contributed by atoms with van der Waals surface area (Å²) in [5, 5.41) is 11.6. The molecule has 0 spiro atoms. The van der Waals surface area contributed by atoms with E-state index in [0.29, 0.717) is 45.7 Å². The zero-order valence-electron chi connectivity index (χ0n) is 18.7. The quantitative estimate of drug-likeness (QED) is 0.448. The molecule has 0 bridgehead atoms. The number of Topliss-reactive ketones (excluding diaryl/α,β-unsaturated/α-hetero) is 1. The summed E-state index contributed by atoms with van der Waals surface area (Å²) in [5.41, 5.74) is 3.47. The van der Waals surface area contributed by atoms with Crippen LogP contribution >= 0.6 is 0 Å². The van der Waals surface area contributed by atoms with Crippen LogP contribution in [0.25, 0.3) is 0 Å². The van der Waals surface area contributed by atoms with E-state index in [2.05, 4.69) is 15.0 Å². The second-order valence-corrected chi connectivity index (χ2v) is 9.26. The average Bonchev–Trinajstić information content (AvgIpc) is 3.08. The minimum absolute atomic E-state index is 0.0379. The van der Waals surface area contributed by atoms with Crippen LogP contribution in [0.4, 0.5) is 11.4 Å². The number of nitriles is 1. The molecule has 0 aliphatic rings. The Labute approximate surface area is 192 Å². The van der Waals surface area contributed by atoms with E-state index in [1.807, 2.05) is 13.0 Å². The van der Waals surface area contributed by atoms with Gasteiger partial charge in [-0.1, -0.05) is 13.0 Å². The van der Waals surface area contributed by atoms with Crippen molar-refractivity contribution in [3.05, 3.63) is 76.1 Å². The monoisotopic (exact) mass is 464 g/mol. The molecule has 0 saturated carbocycles. The Morgan fingerprint density at radius 2 is 1.70 bits per heavy atom. The lowest BCUT2D eigenvalue weighted by Gasteiger charge is -2.14. The van der Waals surface area contributed by atoms with Crippen molar-refractivity contribution < 1.29 is 18.0 Å². The van der Waals surface area contributed by atoms with Gasteiger partial charge in [0.1, 0.15) is 5.69 Å². The Hall–Kier alpha value is -3.90. The molecule has 0 aliphatic carbocycles. The van der Waals surface area contributed by atoms with Gasteiger partial charge in [-0.3, -0.25) is 14.3 Å². The molecule has 0 radical (unpaired) electrons. The second kappa shape index (κ2) is 9.30. The summed E-state index contributed by atoms with van der Waals surface area (Å²) >= 11 is 0. The maximum Gasteiger partial charge on any atom is 0.272 e. The second-order valence-electron chi connectivity index (χ2n) is 7.61. The Balaban J connectivity index is 1.92. The largest absolute Gasteiger partial charge is 0.354 e. The van der Waals surface area contributed by atoms with Gasteiger partial charge in [0, 0.05) is 22.6 Å². The van der Waals surface area contributed by atoms with Crippen LogP contribution in [0.1, 0.15) is 57.1 Å². The van der Waals surface area contributed by atoms with Crippen LogP contribution in [0.3, 0.4) is 0 Å². The maximum absolute atomic E-state index is 13.1. The summed E-state index contributed by atoms with van der Waals surface area (Å²) in [6, 6.07) is 12.7. The lowest BCUT2D eigenvalue weighted by atomic mass is 10.1. The minimum atomic E-state index is -3.96. The zero-order chi connectivity index (χ0) is 24.3. The molecule has 1 heterocycles. The number of ketones is 1. The van der Waals surface area contributed by atoms with Crippen molar-refractivity contribution in [1.29, 1.82) is 5.26 Å². The smallest absolute Gasteiger partial charge is 0.272 e. The summed E-state index contributed by atoms with van der Waals surface area (Å²) < 4.78 is 28.7. The molecular formula is C24H24N4O4S. The first-order valence-electron chi connectivity index (χ1n) is 10.2. The van der Waals surface area contributed by atoms with E-state index in [9.17, 15) is 18.0 Å². The number of aromatic amines is 1. The van der Waals surface area contributed by atoms with Gasteiger partial charge in [0.25, 0.3) is 15.9 Å². The number of amides is 1. The molecule has 3 aromatic rings. The highest BCUT2D eigenvalue weighted by atomic mass is 32.2. The van der Waals surface area contributed by atoms with Gasteiger partial charge in [-0.2, -0.15) is 5.26 Å². The van der Waals surface area contributed by atoms with Crippen molar-refractivity contribution in [3.63, 3.8) is 0 Å². The number of sulfonamides is 1. The van der Waals surface area contributed by atoms with Crippen LogP contribution in [0, 0.1) is 25.2 Å². The van der Waals surface area contributed by atoms with Gasteiger partial charge in [0.2, 0.25) is 0 Å². The lowest BCUT2D eigenvalue weighted by molar-refractivity contribution is 0.101. The predicted octanol–water partition coefficient (Wildman–Crippen LogP) is 4.32. The van der Waals surface area contributed by atoms with Gasteiger partial charge in [0.15, 0.2) is 5.78 Å². The number of aryl methyl sites for hydroxylation is 2. The molecule has 2 aromatic carbocycles. The van der Waals surface area contributed by atoms with Crippen LogP contribution < -0.4 is 10.0 Å². The van der Waals surface area contributed by atoms with E-state index in [1.165, 1.54) is 37.3 Å². The molecule has 0 aliphatic heterocycles. The summed E-state index contributed by atoms with van der Waals surface area (Å²) in [6.07, 6.45) is 0.467. The van der Waals surface area contributed by atoms with Gasteiger partial charge in [-0.25, -0.2) is 8.42 Å². The van der Waals surface area contributed by atoms with Crippen molar-refractivity contribution in [2.45, 2.75) is 39.0 Å². The number of hydrogen-bond donors (Lipinski definition) is 3. The van der Waals surface area contributed by atoms with E-state index >= 15 is 0 Å². The maximum atomic E-state index is 13.1. The molecule has 3 rings (SSSR count). The average molecular weight is 465 g/mol. The number of benzene rings is 2. The van der Waals surface area contributed by atoms with Gasteiger partial charge < -0.3 is 10.3 Å². The van der Waals surface area contributed by atoms with Gasteiger partial charge in [-0.05, 0) is 74.7 Å². The fraction of sp³-hybridized carbons (Fsp3) is 0.208. The summed E-state index contributed by atoms with van der Waals surface area (Å²) in [5.74, 6) is -0.620. The number of nitrogens with zero attached hydrogens (tertiary/aromatic N) is 1. The first-order chi connectivity index (χ1) is 15.6.